The fourth-order valence-corrected chi connectivity index (χ4v) is 3.37. The summed E-state index contributed by atoms with van der Waals surface area (Å²) < 4.78 is 6.87. The Bertz CT molecular complexity index is 965. The van der Waals surface area contributed by atoms with Gasteiger partial charge in [0.25, 0.3) is 0 Å². The molecule has 0 fully saturated rings. The third-order valence-electron chi connectivity index (χ3n) is 3.63. The Balaban J connectivity index is 1.55. The topological polar surface area (TPSA) is 47.0 Å². The van der Waals surface area contributed by atoms with Crippen LogP contribution in [-0.4, -0.2) is 9.97 Å². The fraction of sp³-hybridized carbons (Fsp3) is 0.0526. The van der Waals surface area contributed by atoms with E-state index in [9.17, 15) is 0 Å². The van der Waals surface area contributed by atoms with Gasteiger partial charge < -0.3 is 10.1 Å². The van der Waals surface area contributed by atoms with Gasteiger partial charge in [0.2, 0.25) is 0 Å². The molecule has 0 spiro atoms. The van der Waals surface area contributed by atoms with Crippen LogP contribution >= 0.6 is 11.3 Å². The summed E-state index contributed by atoms with van der Waals surface area (Å²) in [6, 6.07) is 17.6. The Morgan fingerprint density at radius 3 is 2.46 bits per heavy atom. The van der Waals surface area contributed by atoms with Gasteiger partial charge in [0.05, 0.1) is 10.2 Å². The number of thiophene rings is 1. The molecule has 118 valence electrons. The first-order valence-corrected chi connectivity index (χ1v) is 8.46. The number of aryl methyl sites for hydroxylation is 1. The van der Waals surface area contributed by atoms with Crippen LogP contribution < -0.4 is 10.1 Å². The number of aromatic nitrogens is 2. The van der Waals surface area contributed by atoms with Gasteiger partial charge in [0, 0.05) is 5.69 Å². The molecular weight excluding hydrogens is 318 g/mol. The average Bonchev–Trinajstić information content (AvgIpc) is 3.00. The number of fused-ring (bicyclic) bond motifs is 1. The third kappa shape index (κ3) is 2.94. The lowest BCUT2D eigenvalue weighted by atomic mass is 10.3. The van der Waals surface area contributed by atoms with Crippen LogP contribution in [0, 0.1) is 6.92 Å². The summed E-state index contributed by atoms with van der Waals surface area (Å²) in [5.74, 6) is 2.45. The third-order valence-corrected chi connectivity index (χ3v) is 4.72. The molecule has 0 aliphatic rings. The highest BCUT2D eigenvalue weighted by atomic mass is 32.1. The van der Waals surface area contributed by atoms with Crippen molar-refractivity contribution in [3.8, 4) is 11.5 Å². The number of benzene rings is 2. The molecule has 0 unspecified atom stereocenters. The molecule has 0 atom stereocenters. The van der Waals surface area contributed by atoms with Crippen molar-refractivity contribution in [3.63, 3.8) is 0 Å². The molecule has 2 heterocycles. The van der Waals surface area contributed by atoms with Crippen LogP contribution in [0.1, 0.15) is 5.56 Å². The number of hydrogen-bond acceptors (Lipinski definition) is 5. The van der Waals surface area contributed by atoms with Crippen molar-refractivity contribution >= 4 is 33.1 Å². The van der Waals surface area contributed by atoms with E-state index in [-0.39, 0.29) is 0 Å². The summed E-state index contributed by atoms with van der Waals surface area (Å²) in [6.07, 6.45) is 1.59. The summed E-state index contributed by atoms with van der Waals surface area (Å²) >= 11 is 1.65. The summed E-state index contributed by atoms with van der Waals surface area (Å²) in [4.78, 5) is 8.71. The second-order valence-electron chi connectivity index (χ2n) is 5.38. The molecule has 2 aromatic heterocycles. The molecule has 0 aliphatic carbocycles. The highest BCUT2D eigenvalue weighted by molar-refractivity contribution is 7.18. The lowest BCUT2D eigenvalue weighted by Gasteiger charge is -2.08. The molecule has 24 heavy (non-hydrogen) atoms. The van der Waals surface area contributed by atoms with E-state index in [1.807, 2.05) is 54.6 Å². The number of nitrogens with zero attached hydrogens (tertiary/aromatic N) is 2. The second kappa shape index (κ2) is 6.29. The first kappa shape index (κ1) is 14.7. The van der Waals surface area contributed by atoms with Gasteiger partial charge in [-0.05, 0) is 54.3 Å². The molecule has 4 aromatic rings. The van der Waals surface area contributed by atoms with Crippen LogP contribution in [0.15, 0.2) is 66.3 Å². The van der Waals surface area contributed by atoms with Crippen molar-refractivity contribution in [2.45, 2.75) is 6.92 Å². The van der Waals surface area contributed by atoms with Crippen LogP contribution in [0.3, 0.4) is 0 Å². The van der Waals surface area contributed by atoms with E-state index in [0.29, 0.717) is 0 Å². The van der Waals surface area contributed by atoms with Gasteiger partial charge in [0.1, 0.15) is 17.8 Å². The molecule has 4 rings (SSSR count). The Labute approximate surface area is 143 Å². The van der Waals surface area contributed by atoms with E-state index in [4.69, 9.17) is 4.74 Å². The molecule has 4 nitrogen and oxygen atoms in total. The van der Waals surface area contributed by atoms with Crippen molar-refractivity contribution in [1.29, 1.82) is 0 Å². The van der Waals surface area contributed by atoms with Gasteiger partial charge in [-0.2, -0.15) is 0 Å². The lowest BCUT2D eigenvalue weighted by Crippen LogP contribution is -1.94. The Morgan fingerprint density at radius 2 is 1.67 bits per heavy atom. The van der Waals surface area contributed by atoms with E-state index >= 15 is 0 Å². The molecule has 0 amide bonds. The number of anilines is 2. The number of nitrogens with one attached hydrogen (secondary N) is 1. The Kier molecular flexibility index (Phi) is 3.84. The van der Waals surface area contributed by atoms with E-state index in [1.54, 1.807) is 17.7 Å². The molecule has 5 heteroatoms. The smallest absolute Gasteiger partial charge is 0.151 e. The SMILES string of the molecule is Cc1csc2c(Nc3ccc(Oc4ccccc4)cc3)ncnc12. The minimum atomic E-state index is 0.798. The molecule has 0 saturated carbocycles. The summed E-state index contributed by atoms with van der Waals surface area (Å²) in [5, 5.41) is 5.45. The van der Waals surface area contributed by atoms with Crippen molar-refractivity contribution < 1.29 is 4.74 Å². The highest BCUT2D eigenvalue weighted by Crippen LogP contribution is 2.31. The quantitative estimate of drug-likeness (QED) is 0.533. The normalized spacial score (nSPS) is 10.7. The monoisotopic (exact) mass is 333 g/mol. The summed E-state index contributed by atoms with van der Waals surface area (Å²) in [7, 11) is 0. The number of ether oxygens (including phenoxy) is 1. The summed E-state index contributed by atoms with van der Waals surface area (Å²) in [6.45, 7) is 2.06. The zero-order valence-corrected chi connectivity index (χ0v) is 13.9. The largest absolute Gasteiger partial charge is 0.457 e. The van der Waals surface area contributed by atoms with E-state index in [0.717, 1.165) is 33.2 Å². The molecular formula is C19H15N3OS. The van der Waals surface area contributed by atoms with Crippen molar-refractivity contribution in [3.05, 3.63) is 71.9 Å². The first-order valence-electron chi connectivity index (χ1n) is 7.58. The average molecular weight is 333 g/mol. The minimum Gasteiger partial charge on any atom is -0.457 e. The number of para-hydroxylation sites is 1. The highest BCUT2D eigenvalue weighted by Gasteiger charge is 2.08. The van der Waals surface area contributed by atoms with Crippen molar-refractivity contribution in [2.24, 2.45) is 0 Å². The predicted octanol–water partition coefficient (Wildman–Crippen LogP) is 5.54. The first-order chi connectivity index (χ1) is 11.8. The summed E-state index contributed by atoms with van der Waals surface area (Å²) in [5.41, 5.74) is 3.13. The van der Waals surface area contributed by atoms with Gasteiger partial charge in [-0.1, -0.05) is 18.2 Å². The second-order valence-corrected chi connectivity index (χ2v) is 6.26. The van der Waals surface area contributed by atoms with Crippen LogP contribution in [0.2, 0.25) is 0 Å². The molecule has 0 saturated heterocycles. The molecule has 0 radical (unpaired) electrons. The standard InChI is InChI=1S/C19H15N3OS/c1-13-11-24-18-17(13)20-12-21-19(18)22-14-7-9-16(10-8-14)23-15-5-3-2-4-6-15/h2-12H,1H3,(H,20,21,22). The molecule has 0 bridgehead atoms. The minimum absolute atomic E-state index is 0.798. The zero-order chi connectivity index (χ0) is 16.4. The zero-order valence-electron chi connectivity index (χ0n) is 13.1. The van der Waals surface area contributed by atoms with E-state index < -0.39 is 0 Å². The maximum Gasteiger partial charge on any atom is 0.151 e. The van der Waals surface area contributed by atoms with Crippen molar-refractivity contribution in [2.75, 3.05) is 5.32 Å². The molecule has 0 aliphatic heterocycles. The number of rotatable bonds is 4. The molecule has 2 aromatic carbocycles. The van der Waals surface area contributed by atoms with E-state index in [2.05, 4.69) is 27.6 Å². The van der Waals surface area contributed by atoms with Crippen LogP contribution in [0.25, 0.3) is 10.2 Å². The Morgan fingerprint density at radius 1 is 0.917 bits per heavy atom. The van der Waals surface area contributed by atoms with Gasteiger partial charge in [-0.15, -0.1) is 11.3 Å². The van der Waals surface area contributed by atoms with Gasteiger partial charge in [0.15, 0.2) is 5.82 Å². The van der Waals surface area contributed by atoms with Gasteiger partial charge in [-0.25, -0.2) is 9.97 Å². The Hall–Kier alpha value is -2.92. The van der Waals surface area contributed by atoms with Gasteiger partial charge >= 0.3 is 0 Å². The maximum absolute atomic E-state index is 5.81. The van der Waals surface area contributed by atoms with Crippen LogP contribution in [-0.2, 0) is 0 Å². The van der Waals surface area contributed by atoms with Crippen molar-refractivity contribution in [1.82, 2.24) is 9.97 Å². The molecule has 1 N–H and O–H groups in total. The van der Waals surface area contributed by atoms with Crippen LogP contribution in [0.4, 0.5) is 11.5 Å². The maximum atomic E-state index is 5.81. The van der Waals surface area contributed by atoms with Gasteiger partial charge in [-0.3, -0.25) is 0 Å². The van der Waals surface area contributed by atoms with E-state index in [1.165, 1.54) is 5.56 Å². The predicted molar refractivity (Wildman–Crippen MR) is 98.4 cm³/mol. The lowest BCUT2D eigenvalue weighted by molar-refractivity contribution is 0.483. The number of hydrogen-bond donors (Lipinski definition) is 1. The fourth-order valence-electron chi connectivity index (χ4n) is 2.43. The van der Waals surface area contributed by atoms with Crippen LogP contribution in [0.5, 0.6) is 11.5 Å².